The lowest BCUT2D eigenvalue weighted by Gasteiger charge is -2.09. The summed E-state index contributed by atoms with van der Waals surface area (Å²) in [6, 6.07) is 11.6. The van der Waals surface area contributed by atoms with Crippen LogP contribution in [0.15, 0.2) is 42.5 Å². The van der Waals surface area contributed by atoms with Gasteiger partial charge in [-0.15, -0.1) is 0 Å². The van der Waals surface area contributed by atoms with E-state index in [1.807, 2.05) is 13.0 Å². The Labute approximate surface area is 161 Å². The van der Waals surface area contributed by atoms with E-state index >= 15 is 0 Å². The van der Waals surface area contributed by atoms with E-state index in [-0.39, 0.29) is 11.5 Å². The first-order chi connectivity index (χ1) is 12.5. The molecule has 7 heteroatoms. The molecule has 0 fully saturated rings. The number of carbonyl (C=O) groups is 2. The SMILES string of the molecule is Cc1cc(Cl)ccc1NC(=O)CSCCCOc1ccc(C(=O)O)cc1. The number of anilines is 1. The molecule has 0 unspecified atom stereocenters. The quantitative estimate of drug-likeness (QED) is 0.614. The number of carboxylic acids is 1. The van der Waals surface area contributed by atoms with E-state index in [1.54, 1.807) is 24.3 Å². The van der Waals surface area contributed by atoms with Crippen LogP contribution in [0, 0.1) is 6.92 Å². The molecule has 138 valence electrons. The topological polar surface area (TPSA) is 75.6 Å². The van der Waals surface area contributed by atoms with Gasteiger partial charge in [0.2, 0.25) is 5.91 Å². The number of rotatable bonds is 9. The number of nitrogens with one attached hydrogen (secondary N) is 1. The van der Waals surface area contributed by atoms with E-state index < -0.39 is 5.97 Å². The molecule has 2 rings (SSSR count). The van der Waals surface area contributed by atoms with Gasteiger partial charge in [-0.3, -0.25) is 4.79 Å². The summed E-state index contributed by atoms with van der Waals surface area (Å²) in [6.07, 6.45) is 0.790. The van der Waals surface area contributed by atoms with Gasteiger partial charge in [0.15, 0.2) is 0 Å². The minimum absolute atomic E-state index is 0.0504. The second-order valence-corrected chi connectivity index (χ2v) is 7.13. The van der Waals surface area contributed by atoms with Gasteiger partial charge in [0.1, 0.15) is 5.75 Å². The van der Waals surface area contributed by atoms with Crippen LogP contribution in [-0.2, 0) is 4.79 Å². The number of hydrogen-bond acceptors (Lipinski definition) is 4. The molecule has 0 aliphatic carbocycles. The summed E-state index contributed by atoms with van der Waals surface area (Å²) in [4.78, 5) is 22.7. The van der Waals surface area contributed by atoms with Crippen molar-refractivity contribution in [3.8, 4) is 5.75 Å². The highest BCUT2D eigenvalue weighted by atomic mass is 35.5. The Morgan fingerprint density at radius 3 is 2.58 bits per heavy atom. The second-order valence-electron chi connectivity index (χ2n) is 5.59. The maximum Gasteiger partial charge on any atom is 0.335 e. The third-order valence-electron chi connectivity index (χ3n) is 3.50. The van der Waals surface area contributed by atoms with Gasteiger partial charge in [-0.05, 0) is 67.1 Å². The van der Waals surface area contributed by atoms with Crippen molar-refractivity contribution in [3.63, 3.8) is 0 Å². The van der Waals surface area contributed by atoms with Crippen LogP contribution in [0.5, 0.6) is 5.75 Å². The lowest BCUT2D eigenvalue weighted by Crippen LogP contribution is -2.15. The van der Waals surface area contributed by atoms with Gasteiger partial charge in [-0.1, -0.05) is 11.6 Å². The Hall–Kier alpha value is -2.18. The zero-order valence-corrected chi connectivity index (χ0v) is 15.9. The molecular weight excluding hydrogens is 374 g/mol. The predicted molar refractivity (Wildman–Crippen MR) is 106 cm³/mol. The van der Waals surface area contributed by atoms with Crippen molar-refractivity contribution in [3.05, 3.63) is 58.6 Å². The number of halogens is 1. The molecule has 0 aromatic heterocycles. The number of ether oxygens (including phenoxy) is 1. The zero-order chi connectivity index (χ0) is 18.9. The summed E-state index contributed by atoms with van der Waals surface area (Å²) in [5.74, 6) is 0.789. The molecule has 0 heterocycles. The number of hydrogen-bond donors (Lipinski definition) is 2. The molecule has 5 nitrogen and oxygen atoms in total. The molecule has 0 aliphatic rings. The molecule has 0 radical (unpaired) electrons. The third-order valence-corrected chi connectivity index (χ3v) is 4.78. The molecule has 0 saturated heterocycles. The van der Waals surface area contributed by atoms with Crippen LogP contribution >= 0.6 is 23.4 Å². The van der Waals surface area contributed by atoms with E-state index in [0.29, 0.717) is 23.1 Å². The number of aryl methyl sites for hydroxylation is 1. The Morgan fingerprint density at radius 1 is 1.19 bits per heavy atom. The monoisotopic (exact) mass is 393 g/mol. The van der Waals surface area contributed by atoms with Crippen LogP contribution in [0.4, 0.5) is 5.69 Å². The summed E-state index contributed by atoms with van der Waals surface area (Å²) in [5.41, 5.74) is 1.93. The van der Waals surface area contributed by atoms with Crippen molar-refractivity contribution >= 4 is 40.9 Å². The molecule has 0 saturated carbocycles. The Balaban J connectivity index is 1.61. The third kappa shape index (κ3) is 6.61. The zero-order valence-electron chi connectivity index (χ0n) is 14.3. The molecule has 2 aromatic rings. The number of amides is 1. The summed E-state index contributed by atoms with van der Waals surface area (Å²) in [7, 11) is 0. The van der Waals surface area contributed by atoms with Crippen molar-refractivity contribution in [2.75, 3.05) is 23.4 Å². The van der Waals surface area contributed by atoms with Gasteiger partial charge in [-0.25, -0.2) is 4.79 Å². The Morgan fingerprint density at radius 2 is 1.92 bits per heavy atom. The first-order valence-corrected chi connectivity index (χ1v) is 9.59. The predicted octanol–water partition coefficient (Wildman–Crippen LogP) is 4.49. The van der Waals surface area contributed by atoms with Gasteiger partial charge >= 0.3 is 5.97 Å². The van der Waals surface area contributed by atoms with Crippen LogP contribution in [0.1, 0.15) is 22.3 Å². The van der Waals surface area contributed by atoms with Crippen molar-refractivity contribution in [2.24, 2.45) is 0 Å². The number of thioether (sulfide) groups is 1. The van der Waals surface area contributed by atoms with Crippen molar-refractivity contribution in [1.29, 1.82) is 0 Å². The maximum absolute atomic E-state index is 11.9. The highest BCUT2D eigenvalue weighted by Gasteiger charge is 2.06. The molecule has 26 heavy (non-hydrogen) atoms. The normalized spacial score (nSPS) is 10.4. The number of aromatic carboxylic acids is 1. The number of carbonyl (C=O) groups excluding carboxylic acids is 1. The lowest BCUT2D eigenvalue weighted by atomic mass is 10.2. The first-order valence-electron chi connectivity index (χ1n) is 8.05. The summed E-state index contributed by atoms with van der Waals surface area (Å²) in [5, 5.41) is 12.3. The van der Waals surface area contributed by atoms with Crippen molar-refractivity contribution in [1.82, 2.24) is 0 Å². The number of carboxylic acid groups (broad SMARTS) is 1. The molecule has 0 spiro atoms. The van der Waals surface area contributed by atoms with E-state index in [1.165, 1.54) is 23.9 Å². The second kappa shape index (κ2) is 10.1. The fourth-order valence-electron chi connectivity index (χ4n) is 2.16. The van der Waals surface area contributed by atoms with E-state index in [9.17, 15) is 9.59 Å². The molecule has 1 amide bonds. The van der Waals surface area contributed by atoms with Crippen molar-refractivity contribution in [2.45, 2.75) is 13.3 Å². The van der Waals surface area contributed by atoms with Crippen molar-refractivity contribution < 1.29 is 19.4 Å². The largest absolute Gasteiger partial charge is 0.494 e. The minimum Gasteiger partial charge on any atom is -0.494 e. The Bertz CT molecular complexity index is 765. The van der Waals surface area contributed by atoms with Crippen LogP contribution in [0.2, 0.25) is 5.02 Å². The van der Waals surface area contributed by atoms with Crippen LogP contribution in [-0.4, -0.2) is 35.1 Å². The summed E-state index contributed by atoms with van der Waals surface area (Å²) >= 11 is 7.43. The maximum atomic E-state index is 11.9. The average Bonchev–Trinajstić information content (AvgIpc) is 2.61. The summed E-state index contributed by atoms with van der Waals surface area (Å²) in [6.45, 7) is 2.41. The van der Waals surface area contributed by atoms with Crippen LogP contribution in [0.3, 0.4) is 0 Å². The first kappa shape index (κ1) is 20.1. The van der Waals surface area contributed by atoms with Gasteiger partial charge in [0.25, 0.3) is 0 Å². The van der Waals surface area contributed by atoms with Gasteiger partial charge < -0.3 is 15.2 Å². The average molecular weight is 394 g/mol. The lowest BCUT2D eigenvalue weighted by molar-refractivity contribution is -0.113. The number of benzene rings is 2. The molecule has 0 bridgehead atoms. The van der Waals surface area contributed by atoms with E-state index in [4.69, 9.17) is 21.4 Å². The standard InChI is InChI=1S/C19H20ClNO4S/c1-13-11-15(20)5-8-17(13)21-18(22)12-26-10-2-9-25-16-6-3-14(4-7-16)19(23)24/h3-8,11H,2,9-10,12H2,1H3,(H,21,22)(H,23,24). The minimum atomic E-state index is -0.958. The smallest absolute Gasteiger partial charge is 0.335 e. The molecule has 0 atom stereocenters. The molecular formula is C19H20ClNO4S. The highest BCUT2D eigenvalue weighted by Crippen LogP contribution is 2.20. The van der Waals surface area contributed by atoms with Gasteiger partial charge in [0, 0.05) is 10.7 Å². The molecule has 0 aliphatic heterocycles. The molecule has 2 aromatic carbocycles. The van der Waals surface area contributed by atoms with Crippen LogP contribution in [0.25, 0.3) is 0 Å². The highest BCUT2D eigenvalue weighted by molar-refractivity contribution is 7.99. The van der Waals surface area contributed by atoms with E-state index in [0.717, 1.165) is 23.4 Å². The fraction of sp³-hybridized carbons (Fsp3) is 0.263. The van der Waals surface area contributed by atoms with E-state index in [2.05, 4.69) is 5.32 Å². The molecule has 2 N–H and O–H groups in total. The fourth-order valence-corrected chi connectivity index (χ4v) is 3.11. The van der Waals surface area contributed by atoms with Crippen LogP contribution < -0.4 is 10.1 Å². The summed E-state index contributed by atoms with van der Waals surface area (Å²) < 4.78 is 5.55. The van der Waals surface area contributed by atoms with Gasteiger partial charge in [0.05, 0.1) is 17.9 Å². The Kier molecular flexibility index (Phi) is 7.81. The van der Waals surface area contributed by atoms with Gasteiger partial charge in [-0.2, -0.15) is 11.8 Å².